The molecule has 0 aliphatic heterocycles. The average Bonchev–Trinajstić information content (AvgIpc) is 2.45. The molecular weight excluding hydrogens is 284 g/mol. The van der Waals surface area contributed by atoms with Crippen LogP contribution in [0.3, 0.4) is 0 Å². The summed E-state index contributed by atoms with van der Waals surface area (Å²) in [6.07, 6.45) is 2.10. The first kappa shape index (κ1) is 17.4. The van der Waals surface area contributed by atoms with Crippen LogP contribution in [0.5, 0.6) is 5.75 Å². The number of nitrogens with one attached hydrogen (secondary N) is 2. The average molecular weight is 308 g/mol. The van der Waals surface area contributed by atoms with Gasteiger partial charge < -0.3 is 15.4 Å². The number of para-hydroxylation sites is 1. The second-order valence-corrected chi connectivity index (χ2v) is 5.55. The zero-order valence-corrected chi connectivity index (χ0v) is 13.8. The number of hydrogen-bond donors (Lipinski definition) is 2. The Kier molecular flexibility index (Phi) is 7.75. The summed E-state index contributed by atoms with van der Waals surface area (Å²) in [5.41, 5.74) is 1.09. The van der Waals surface area contributed by atoms with E-state index in [9.17, 15) is 4.79 Å². The maximum absolute atomic E-state index is 11.8. The third-order valence-corrected chi connectivity index (χ3v) is 3.22. The molecule has 0 spiro atoms. The van der Waals surface area contributed by atoms with Crippen molar-refractivity contribution in [2.75, 3.05) is 13.2 Å². The first-order valence-electron chi connectivity index (χ1n) is 7.34. The van der Waals surface area contributed by atoms with E-state index in [0.29, 0.717) is 11.0 Å². The van der Waals surface area contributed by atoms with Gasteiger partial charge in [-0.25, -0.2) is 0 Å². The monoisotopic (exact) mass is 308 g/mol. The molecule has 0 aromatic heterocycles. The molecule has 1 amide bonds. The molecule has 0 saturated carbocycles. The number of amides is 1. The molecule has 0 aliphatic rings. The Morgan fingerprint density at radius 2 is 2.05 bits per heavy atom. The van der Waals surface area contributed by atoms with Crippen LogP contribution in [-0.2, 0) is 4.79 Å². The lowest BCUT2D eigenvalue weighted by Crippen LogP contribution is -2.41. The number of ether oxygens (including phenoxy) is 1. The highest BCUT2D eigenvalue weighted by Crippen LogP contribution is 2.25. The van der Waals surface area contributed by atoms with Crippen molar-refractivity contribution in [3.8, 4) is 5.75 Å². The number of benzene rings is 1. The highest BCUT2D eigenvalue weighted by molar-refractivity contribution is 7.80. The van der Waals surface area contributed by atoms with Crippen LogP contribution in [0, 0.1) is 0 Å². The van der Waals surface area contributed by atoms with Crippen LogP contribution in [-0.4, -0.2) is 24.2 Å². The van der Waals surface area contributed by atoms with Crippen LogP contribution < -0.4 is 15.4 Å². The third kappa shape index (κ3) is 6.58. The highest BCUT2D eigenvalue weighted by atomic mass is 32.1. The molecule has 1 aromatic rings. The maximum Gasteiger partial charge on any atom is 0.264 e. The number of carbonyl (C=O) groups excluding carboxylic acids is 1. The number of hydrogen-bond acceptors (Lipinski definition) is 3. The highest BCUT2D eigenvalue weighted by Gasteiger charge is 2.09. The summed E-state index contributed by atoms with van der Waals surface area (Å²) in [7, 11) is 0. The molecule has 21 heavy (non-hydrogen) atoms. The summed E-state index contributed by atoms with van der Waals surface area (Å²) in [6, 6.07) is 7.75. The molecule has 0 bridgehead atoms. The zero-order valence-electron chi connectivity index (χ0n) is 12.9. The van der Waals surface area contributed by atoms with Gasteiger partial charge in [0.15, 0.2) is 11.7 Å². The summed E-state index contributed by atoms with van der Waals surface area (Å²) < 4.78 is 5.59. The summed E-state index contributed by atoms with van der Waals surface area (Å²) >= 11 is 5.04. The predicted octanol–water partition coefficient (Wildman–Crippen LogP) is 2.98. The normalized spacial score (nSPS) is 10.3. The number of unbranched alkanes of at least 4 members (excludes halogenated alkanes) is 1. The quantitative estimate of drug-likeness (QED) is 0.600. The van der Waals surface area contributed by atoms with Crippen molar-refractivity contribution in [2.45, 2.75) is 39.5 Å². The van der Waals surface area contributed by atoms with Gasteiger partial charge in [-0.2, -0.15) is 0 Å². The van der Waals surface area contributed by atoms with Crippen LogP contribution >= 0.6 is 12.2 Å². The molecule has 0 heterocycles. The molecular formula is C16H24N2O2S. The van der Waals surface area contributed by atoms with Crippen molar-refractivity contribution in [1.82, 2.24) is 10.6 Å². The van der Waals surface area contributed by atoms with E-state index in [4.69, 9.17) is 17.0 Å². The van der Waals surface area contributed by atoms with Crippen LogP contribution in [0.4, 0.5) is 0 Å². The summed E-state index contributed by atoms with van der Waals surface area (Å²) in [6.45, 7) is 7.01. The molecule has 1 aromatic carbocycles. The van der Waals surface area contributed by atoms with Gasteiger partial charge in [-0.3, -0.25) is 4.79 Å². The SMILES string of the molecule is CCCCNC(=S)NC(=O)COc1ccccc1C(C)C. The summed E-state index contributed by atoms with van der Waals surface area (Å²) in [4.78, 5) is 11.8. The van der Waals surface area contributed by atoms with Gasteiger partial charge in [-0.1, -0.05) is 45.4 Å². The minimum atomic E-state index is -0.248. The topological polar surface area (TPSA) is 50.4 Å². The van der Waals surface area contributed by atoms with Gasteiger partial charge in [-0.05, 0) is 36.2 Å². The van der Waals surface area contributed by atoms with E-state index in [-0.39, 0.29) is 12.5 Å². The van der Waals surface area contributed by atoms with Gasteiger partial charge in [0, 0.05) is 6.54 Å². The van der Waals surface area contributed by atoms with Crippen molar-refractivity contribution in [3.63, 3.8) is 0 Å². The molecule has 0 atom stereocenters. The van der Waals surface area contributed by atoms with Crippen molar-refractivity contribution in [3.05, 3.63) is 29.8 Å². The van der Waals surface area contributed by atoms with Crippen LogP contribution in [0.15, 0.2) is 24.3 Å². The molecule has 0 fully saturated rings. The van der Waals surface area contributed by atoms with Crippen molar-refractivity contribution in [1.29, 1.82) is 0 Å². The lowest BCUT2D eigenvalue weighted by atomic mass is 10.0. The lowest BCUT2D eigenvalue weighted by Gasteiger charge is -2.14. The standard InChI is InChI=1S/C16H24N2O2S/c1-4-5-10-17-16(21)18-15(19)11-20-14-9-7-6-8-13(14)12(2)3/h6-9,12H,4-5,10-11H2,1-3H3,(H2,17,18,19,21). The van der Waals surface area contributed by atoms with Crippen molar-refractivity contribution in [2.24, 2.45) is 0 Å². The predicted molar refractivity (Wildman–Crippen MR) is 89.7 cm³/mol. The van der Waals surface area contributed by atoms with Gasteiger partial charge in [0.25, 0.3) is 5.91 Å². The largest absolute Gasteiger partial charge is 0.483 e. The Morgan fingerprint density at radius 3 is 2.71 bits per heavy atom. The van der Waals surface area contributed by atoms with Crippen molar-refractivity contribution >= 4 is 23.2 Å². The lowest BCUT2D eigenvalue weighted by molar-refractivity contribution is -0.121. The van der Waals surface area contributed by atoms with E-state index in [1.165, 1.54) is 0 Å². The number of carbonyl (C=O) groups is 1. The first-order chi connectivity index (χ1) is 10.0. The minimum Gasteiger partial charge on any atom is -0.483 e. The fraction of sp³-hybridized carbons (Fsp3) is 0.500. The Hall–Kier alpha value is -1.62. The van der Waals surface area contributed by atoms with Gasteiger partial charge in [-0.15, -0.1) is 0 Å². The van der Waals surface area contributed by atoms with Crippen molar-refractivity contribution < 1.29 is 9.53 Å². The maximum atomic E-state index is 11.8. The smallest absolute Gasteiger partial charge is 0.264 e. The Balaban J connectivity index is 2.41. The van der Waals surface area contributed by atoms with Gasteiger partial charge in [0.05, 0.1) is 0 Å². The second kappa shape index (κ2) is 9.34. The summed E-state index contributed by atoms with van der Waals surface area (Å²) in [5, 5.41) is 5.96. The molecule has 1 rings (SSSR count). The van der Waals surface area contributed by atoms with Crippen LogP contribution in [0.2, 0.25) is 0 Å². The molecule has 116 valence electrons. The number of thiocarbonyl (C=S) groups is 1. The van der Waals surface area contributed by atoms with E-state index in [2.05, 4.69) is 31.4 Å². The first-order valence-corrected chi connectivity index (χ1v) is 7.74. The van der Waals surface area contributed by atoms with E-state index in [1.54, 1.807) is 0 Å². The molecule has 0 saturated heterocycles. The van der Waals surface area contributed by atoms with E-state index in [0.717, 1.165) is 30.7 Å². The Labute approximate surface area is 132 Å². The molecule has 0 aliphatic carbocycles. The van der Waals surface area contributed by atoms with E-state index in [1.807, 2.05) is 24.3 Å². The molecule has 0 unspecified atom stereocenters. The molecule has 0 radical (unpaired) electrons. The Morgan fingerprint density at radius 1 is 1.33 bits per heavy atom. The van der Waals surface area contributed by atoms with Crippen LogP contribution in [0.1, 0.15) is 45.1 Å². The third-order valence-electron chi connectivity index (χ3n) is 2.97. The second-order valence-electron chi connectivity index (χ2n) is 5.14. The van der Waals surface area contributed by atoms with E-state index >= 15 is 0 Å². The van der Waals surface area contributed by atoms with Gasteiger partial charge in [0.2, 0.25) is 0 Å². The van der Waals surface area contributed by atoms with Gasteiger partial charge >= 0.3 is 0 Å². The summed E-state index contributed by atoms with van der Waals surface area (Å²) in [5.74, 6) is 0.844. The fourth-order valence-corrected chi connectivity index (χ4v) is 2.03. The number of rotatable bonds is 7. The van der Waals surface area contributed by atoms with Gasteiger partial charge in [0.1, 0.15) is 5.75 Å². The molecule has 2 N–H and O–H groups in total. The van der Waals surface area contributed by atoms with Crippen LogP contribution in [0.25, 0.3) is 0 Å². The molecule has 5 heteroatoms. The Bertz CT molecular complexity index is 475. The van der Waals surface area contributed by atoms with E-state index < -0.39 is 0 Å². The fourth-order valence-electron chi connectivity index (χ4n) is 1.82. The minimum absolute atomic E-state index is 0.0423. The molecule has 4 nitrogen and oxygen atoms in total. The zero-order chi connectivity index (χ0) is 15.7.